The van der Waals surface area contributed by atoms with E-state index in [1.54, 1.807) is 30.3 Å². The summed E-state index contributed by atoms with van der Waals surface area (Å²) in [6.45, 7) is 8.04. The Bertz CT molecular complexity index is 1120. The highest BCUT2D eigenvalue weighted by Gasteiger charge is 2.46. The van der Waals surface area contributed by atoms with Crippen LogP contribution in [0.1, 0.15) is 37.9 Å². The molecule has 2 aromatic rings. The Balaban J connectivity index is 1.78. The summed E-state index contributed by atoms with van der Waals surface area (Å²) < 4.78 is 16.9. The van der Waals surface area contributed by atoms with E-state index >= 15 is 0 Å². The number of aliphatic hydroxyl groups excluding tert-OH is 1. The Hall–Kier alpha value is -3.52. The standard InChI is InChI=1S/C27H32N2O6/c1-5-33-20-9-6-18(7-10-20)24-23(26(31)27(32)29(24)13-15-34-17(2)3)25(30)19-8-11-22-21(16-19)28(4)12-14-35-22/h6-11,16-17,24,30H,5,12-15H2,1-4H3/b25-23-. The number of ether oxygens (including phenoxy) is 3. The van der Waals surface area contributed by atoms with E-state index in [0.29, 0.717) is 42.4 Å². The van der Waals surface area contributed by atoms with Gasteiger partial charge in [0.15, 0.2) is 0 Å². The molecule has 1 amide bonds. The maximum absolute atomic E-state index is 13.2. The van der Waals surface area contributed by atoms with Crippen LogP contribution < -0.4 is 14.4 Å². The molecule has 2 heterocycles. The third-order valence-electron chi connectivity index (χ3n) is 6.16. The van der Waals surface area contributed by atoms with Crippen LogP contribution in [0.25, 0.3) is 5.76 Å². The summed E-state index contributed by atoms with van der Waals surface area (Å²) in [6, 6.07) is 11.8. The van der Waals surface area contributed by atoms with Gasteiger partial charge in [-0.1, -0.05) is 12.1 Å². The Morgan fingerprint density at radius 1 is 1.17 bits per heavy atom. The monoisotopic (exact) mass is 480 g/mol. The van der Waals surface area contributed by atoms with Gasteiger partial charge in [0.2, 0.25) is 0 Å². The number of amides is 1. The Morgan fingerprint density at radius 2 is 1.91 bits per heavy atom. The highest BCUT2D eigenvalue weighted by atomic mass is 16.5. The lowest BCUT2D eigenvalue weighted by molar-refractivity contribution is -0.140. The molecule has 1 unspecified atom stereocenters. The molecule has 2 aliphatic rings. The fourth-order valence-corrected chi connectivity index (χ4v) is 4.41. The zero-order valence-corrected chi connectivity index (χ0v) is 20.6. The fraction of sp³-hybridized carbons (Fsp3) is 0.407. The molecule has 0 aliphatic carbocycles. The largest absolute Gasteiger partial charge is 0.507 e. The maximum Gasteiger partial charge on any atom is 0.295 e. The number of anilines is 1. The van der Waals surface area contributed by atoms with Crippen LogP contribution in [0.15, 0.2) is 48.0 Å². The summed E-state index contributed by atoms with van der Waals surface area (Å²) in [4.78, 5) is 29.8. The summed E-state index contributed by atoms with van der Waals surface area (Å²) in [5.41, 5.74) is 2.03. The van der Waals surface area contributed by atoms with E-state index in [1.165, 1.54) is 4.90 Å². The van der Waals surface area contributed by atoms with Crippen molar-refractivity contribution in [1.82, 2.24) is 4.90 Å². The van der Waals surface area contributed by atoms with Crippen LogP contribution in [0.2, 0.25) is 0 Å². The zero-order chi connectivity index (χ0) is 25.1. The van der Waals surface area contributed by atoms with E-state index in [4.69, 9.17) is 14.2 Å². The van der Waals surface area contributed by atoms with Crippen LogP contribution in [0.4, 0.5) is 5.69 Å². The molecule has 1 atom stereocenters. The number of carbonyl (C=O) groups excluding carboxylic acids is 2. The van der Waals surface area contributed by atoms with E-state index in [-0.39, 0.29) is 30.6 Å². The third kappa shape index (κ3) is 4.98. The summed E-state index contributed by atoms with van der Waals surface area (Å²) in [7, 11) is 1.94. The number of ketones is 1. The first-order chi connectivity index (χ1) is 16.8. The molecule has 8 nitrogen and oxygen atoms in total. The molecular weight excluding hydrogens is 448 g/mol. The van der Waals surface area contributed by atoms with Crippen molar-refractivity contribution >= 4 is 23.1 Å². The first-order valence-electron chi connectivity index (χ1n) is 11.9. The van der Waals surface area contributed by atoms with Gasteiger partial charge in [-0.25, -0.2) is 0 Å². The SMILES string of the molecule is CCOc1ccc(C2/C(=C(/O)c3ccc4c(c3)N(C)CCO4)C(=O)C(=O)N2CCOC(C)C)cc1. The van der Waals surface area contributed by atoms with Crippen molar-refractivity contribution < 1.29 is 28.9 Å². The molecule has 2 aromatic carbocycles. The molecule has 1 fully saturated rings. The number of rotatable bonds is 8. The predicted molar refractivity (Wildman–Crippen MR) is 133 cm³/mol. The molecule has 2 aliphatic heterocycles. The van der Waals surface area contributed by atoms with Gasteiger partial charge in [-0.05, 0) is 56.7 Å². The van der Waals surface area contributed by atoms with Crippen molar-refractivity contribution in [2.24, 2.45) is 0 Å². The first kappa shape index (κ1) is 24.6. The minimum Gasteiger partial charge on any atom is -0.507 e. The summed E-state index contributed by atoms with van der Waals surface area (Å²) in [6.07, 6.45) is -0.00884. The van der Waals surface area contributed by atoms with Gasteiger partial charge >= 0.3 is 0 Å². The van der Waals surface area contributed by atoms with Gasteiger partial charge in [0.25, 0.3) is 11.7 Å². The molecule has 0 radical (unpaired) electrons. The van der Waals surface area contributed by atoms with Crippen molar-refractivity contribution in [1.29, 1.82) is 0 Å². The second kappa shape index (κ2) is 10.4. The number of hydrogen-bond donors (Lipinski definition) is 1. The van der Waals surface area contributed by atoms with E-state index in [0.717, 1.165) is 5.69 Å². The van der Waals surface area contributed by atoms with Crippen LogP contribution in [0, 0.1) is 0 Å². The van der Waals surface area contributed by atoms with Gasteiger partial charge in [-0.15, -0.1) is 0 Å². The number of hydrogen-bond acceptors (Lipinski definition) is 7. The average Bonchev–Trinajstić information content (AvgIpc) is 3.09. The number of carbonyl (C=O) groups is 2. The van der Waals surface area contributed by atoms with Gasteiger partial charge in [0.05, 0.1) is 43.2 Å². The molecule has 1 N–H and O–H groups in total. The summed E-state index contributed by atoms with van der Waals surface area (Å²) in [5.74, 6) is -0.181. The van der Waals surface area contributed by atoms with Crippen molar-refractivity contribution in [2.75, 3.05) is 44.9 Å². The number of benzene rings is 2. The minimum atomic E-state index is -0.744. The molecular formula is C27H32N2O6. The Kier molecular flexibility index (Phi) is 7.31. The van der Waals surface area contributed by atoms with E-state index in [1.807, 2.05) is 44.9 Å². The van der Waals surface area contributed by atoms with E-state index in [2.05, 4.69) is 0 Å². The summed E-state index contributed by atoms with van der Waals surface area (Å²) in [5, 5.41) is 11.4. The van der Waals surface area contributed by atoms with Crippen LogP contribution in [0.5, 0.6) is 11.5 Å². The lowest BCUT2D eigenvalue weighted by Gasteiger charge is -2.28. The predicted octanol–water partition coefficient (Wildman–Crippen LogP) is 3.76. The van der Waals surface area contributed by atoms with Crippen LogP contribution in [-0.4, -0.2) is 67.8 Å². The van der Waals surface area contributed by atoms with Crippen LogP contribution >= 0.6 is 0 Å². The third-order valence-corrected chi connectivity index (χ3v) is 6.16. The lowest BCUT2D eigenvalue weighted by Crippen LogP contribution is -2.33. The number of nitrogens with zero attached hydrogens (tertiary/aromatic N) is 2. The highest BCUT2D eigenvalue weighted by Crippen LogP contribution is 2.41. The molecule has 186 valence electrons. The second-order valence-electron chi connectivity index (χ2n) is 8.87. The molecule has 0 saturated carbocycles. The number of likely N-dealkylation sites (N-methyl/N-ethyl adjacent to an activating group) is 1. The van der Waals surface area contributed by atoms with Gasteiger partial charge in [0, 0.05) is 19.2 Å². The molecule has 1 saturated heterocycles. The molecule has 4 rings (SSSR count). The van der Waals surface area contributed by atoms with Crippen molar-refractivity contribution in [3.63, 3.8) is 0 Å². The normalized spacial score (nSPS) is 19.2. The fourth-order valence-electron chi connectivity index (χ4n) is 4.41. The van der Waals surface area contributed by atoms with Crippen LogP contribution in [-0.2, 0) is 14.3 Å². The highest BCUT2D eigenvalue weighted by molar-refractivity contribution is 6.46. The zero-order valence-electron chi connectivity index (χ0n) is 20.6. The molecule has 35 heavy (non-hydrogen) atoms. The van der Waals surface area contributed by atoms with Crippen molar-refractivity contribution in [3.05, 3.63) is 59.2 Å². The maximum atomic E-state index is 13.2. The topological polar surface area (TPSA) is 88.5 Å². The number of Topliss-reactive ketones (excluding diaryl/α,β-unsaturated/α-hetero) is 1. The van der Waals surface area contributed by atoms with E-state index in [9.17, 15) is 14.7 Å². The average molecular weight is 481 g/mol. The molecule has 0 bridgehead atoms. The number of aliphatic hydroxyl groups is 1. The van der Waals surface area contributed by atoms with Gasteiger partial charge in [-0.2, -0.15) is 0 Å². The molecule has 0 aromatic heterocycles. The smallest absolute Gasteiger partial charge is 0.295 e. The number of fused-ring (bicyclic) bond motifs is 1. The minimum absolute atomic E-state index is 0.00884. The van der Waals surface area contributed by atoms with Gasteiger partial charge in [-0.3, -0.25) is 9.59 Å². The van der Waals surface area contributed by atoms with Gasteiger partial charge in [0.1, 0.15) is 23.9 Å². The molecule has 0 spiro atoms. The number of likely N-dealkylation sites (tertiary alicyclic amines) is 1. The van der Waals surface area contributed by atoms with E-state index < -0.39 is 17.7 Å². The van der Waals surface area contributed by atoms with Crippen LogP contribution in [0.3, 0.4) is 0 Å². The molecule has 8 heteroatoms. The van der Waals surface area contributed by atoms with Gasteiger partial charge < -0.3 is 29.1 Å². The first-order valence-corrected chi connectivity index (χ1v) is 11.9. The summed E-state index contributed by atoms with van der Waals surface area (Å²) >= 11 is 0. The van der Waals surface area contributed by atoms with Crippen molar-refractivity contribution in [2.45, 2.75) is 32.9 Å². The Morgan fingerprint density at radius 3 is 2.60 bits per heavy atom. The lowest BCUT2D eigenvalue weighted by atomic mass is 9.95. The Labute approximate surface area is 205 Å². The quantitative estimate of drug-likeness (QED) is 0.350. The van der Waals surface area contributed by atoms with Crippen molar-refractivity contribution in [3.8, 4) is 11.5 Å². The second-order valence-corrected chi connectivity index (χ2v) is 8.87.